The molecule has 14 aromatic rings. The Bertz CT molecular complexity index is 4260. The van der Waals surface area contributed by atoms with Crippen molar-refractivity contribution in [2.24, 2.45) is 0 Å². The van der Waals surface area contributed by atoms with E-state index in [1.165, 1.54) is 0 Å². The van der Waals surface area contributed by atoms with Crippen LogP contribution in [0.15, 0.2) is 224 Å². The van der Waals surface area contributed by atoms with E-state index in [2.05, 4.69) is 126 Å². The average Bonchev–Trinajstić information content (AvgIpc) is 4.18. The molecule has 6 nitrogen and oxygen atoms in total. The molecule has 0 aliphatic carbocycles. The van der Waals surface area contributed by atoms with Gasteiger partial charge in [0.15, 0.2) is 0 Å². The summed E-state index contributed by atoms with van der Waals surface area (Å²) < 4.78 is 26.4. The van der Waals surface area contributed by atoms with Crippen molar-refractivity contribution in [2.75, 3.05) is 0 Å². The molecule has 0 fully saturated rings. The molecule has 0 bridgehead atoms. The Morgan fingerprint density at radius 2 is 0.714 bits per heavy atom. The summed E-state index contributed by atoms with van der Waals surface area (Å²) in [5.41, 5.74) is 14.1. The fourth-order valence-corrected chi connectivity index (χ4v) is 10.3. The summed E-state index contributed by atoms with van der Waals surface area (Å²) in [5, 5.41) is 27.5. The van der Waals surface area contributed by atoms with E-state index in [1.54, 1.807) is 24.3 Å². The Morgan fingerprint density at radius 1 is 0.329 bits per heavy atom. The van der Waals surface area contributed by atoms with Gasteiger partial charge in [-0.15, -0.1) is 0 Å². The lowest BCUT2D eigenvalue weighted by molar-refractivity contribution is 0.426. The van der Waals surface area contributed by atoms with Gasteiger partial charge in [-0.2, -0.15) is 0 Å². The molecular weight excluding hydrogens is 1030 g/mol. The predicted molar refractivity (Wildman–Crippen MR) is 297 cm³/mol. The number of hydrogen-bond donors (Lipinski definition) is 2. The van der Waals surface area contributed by atoms with E-state index in [9.17, 15) is 0 Å². The third-order valence-corrected chi connectivity index (χ3v) is 14.1. The molecule has 0 atom stereocenters. The fraction of sp³-hybridized carbons (Fsp3) is 0. The standard InChI is InChI=1S/C30H17ClO2.C24H13IO2.C6H6BClO2/c31-19-14-12-18(13-15-19)20-16-17-22(28-25-7-2-4-11-27(25)33-30(20)28)24-9-5-8-23-21-6-1-3-10-26(21)32-29(23)24;25-19-13-12-15(22-18-7-2-4-11-21(18)27-24(19)22)17-9-5-8-16-14-6-1-3-10-20(14)26-23(16)17;8-6-3-1-5(2-4-6)7(9)10/h1-17H;1-13H;1-4,9-10H. The Morgan fingerprint density at radius 3 is 1.23 bits per heavy atom. The minimum absolute atomic E-state index is 0.449. The smallest absolute Gasteiger partial charge is 0.455 e. The highest BCUT2D eigenvalue weighted by Crippen LogP contribution is 2.46. The number of rotatable bonds is 4. The number of hydrogen-bond acceptors (Lipinski definition) is 6. The van der Waals surface area contributed by atoms with Crippen LogP contribution in [0.5, 0.6) is 0 Å². The lowest BCUT2D eigenvalue weighted by atomic mass is 9.81. The molecule has 0 saturated heterocycles. The molecule has 0 amide bonds. The third kappa shape index (κ3) is 7.78. The minimum atomic E-state index is -1.41. The summed E-state index contributed by atoms with van der Waals surface area (Å²) in [4.78, 5) is 0. The van der Waals surface area contributed by atoms with Crippen LogP contribution in [0.1, 0.15) is 0 Å². The number of para-hydroxylation sites is 6. The topological polar surface area (TPSA) is 93.0 Å². The molecule has 2 N–H and O–H groups in total. The van der Waals surface area contributed by atoms with E-state index in [0.717, 1.165) is 125 Å². The second-order valence-electron chi connectivity index (χ2n) is 16.9. The van der Waals surface area contributed by atoms with E-state index in [1.807, 2.05) is 78.9 Å². The van der Waals surface area contributed by atoms with Gasteiger partial charge in [0.25, 0.3) is 0 Å². The Kier molecular flexibility index (Phi) is 11.4. The van der Waals surface area contributed by atoms with E-state index in [0.29, 0.717) is 15.5 Å². The van der Waals surface area contributed by atoms with Gasteiger partial charge in [-0.1, -0.05) is 169 Å². The van der Waals surface area contributed by atoms with Crippen molar-refractivity contribution in [2.45, 2.75) is 0 Å². The molecule has 0 aliphatic rings. The Labute approximate surface area is 424 Å². The van der Waals surface area contributed by atoms with E-state index in [4.69, 9.17) is 50.9 Å². The maximum Gasteiger partial charge on any atom is 0.488 e. The Balaban J connectivity index is 0.000000122. The largest absolute Gasteiger partial charge is 0.488 e. The summed E-state index contributed by atoms with van der Waals surface area (Å²) in [6.07, 6.45) is 0. The monoisotopic (exact) mass is 1060 g/mol. The first-order valence-corrected chi connectivity index (χ1v) is 24.4. The molecule has 0 radical (unpaired) electrons. The summed E-state index contributed by atoms with van der Waals surface area (Å²) in [6.45, 7) is 0. The molecule has 0 spiro atoms. The molecule has 70 heavy (non-hydrogen) atoms. The van der Waals surface area contributed by atoms with Gasteiger partial charge in [0, 0.05) is 69.8 Å². The summed E-state index contributed by atoms with van der Waals surface area (Å²) in [6, 6.07) is 68.3. The van der Waals surface area contributed by atoms with E-state index in [-0.39, 0.29) is 0 Å². The normalized spacial score (nSPS) is 11.5. The molecule has 0 aliphatic heterocycles. The lowest BCUT2D eigenvalue weighted by Gasteiger charge is -2.09. The Hall–Kier alpha value is -7.31. The highest BCUT2D eigenvalue weighted by molar-refractivity contribution is 14.1. The van der Waals surface area contributed by atoms with Crippen LogP contribution in [0.25, 0.3) is 121 Å². The quantitative estimate of drug-likeness (QED) is 0.135. The van der Waals surface area contributed by atoms with Crippen LogP contribution >= 0.6 is 45.8 Å². The van der Waals surface area contributed by atoms with Gasteiger partial charge < -0.3 is 27.7 Å². The number of halogens is 3. The molecule has 0 unspecified atom stereocenters. The highest BCUT2D eigenvalue weighted by atomic mass is 127. The van der Waals surface area contributed by atoms with Crippen molar-refractivity contribution < 1.29 is 27.7 Å². The lowest BCUT2D eigenvalue weighted by Crippen LogP contribution is -2.29. The summed E-state index contributed by atoms with van der Waals surface area (Å²) in [7, 11) is -1.41. The molecule has 10 heteroatoms. The highest BCUT2D eigenvalue weighted by Gasteiger charge is 2.21. The number of benzene rings is 10. The van der Waals surface area contributed by atoms with Gasteiger partial charge in [0.1, 0.15) is 44.7 Å². The molecule has 336 valence electrons. The first-order chi connectivity index (χ1) is 34.3. The third-order valence-electron chi connectivity index (χ3n) is 12.7. The molecule has 0 saturated carbocycles. The molecular formula is C60H36BCl2IO6. The van der Waals surface area contributed by atoms with Crippen molar-refractivity contribution in [1.29, 1.82) is 0 Å². The second-order valence-corrected chi connectivity index (χ2v) is 18.9. The minimum Gasteiger partial charge on any atom is -0.455 e. The van der Waals surface area contributed by atoms with Crippen LogP contribution < -0.4 is 5.46 Å². The van der Waals surface area contributed by atoms with Crippen LogP contribution in [0.4, 0.5) is 0 Å². The summed E-state index contributed by atoms with van der Waals surface area (Å²) in [5.74, 6) is 0. The molecule has 10 aromatic carbocycles. The van der Waals surface area contributed by atoms with Crippen LogP contribution in [0.2, 0.25) is 10.0 Å². The summed E-state index contributed by atoms with van der Waals surface area (Å²) >= 11 is 14.0. The van der Waals surface area contributed by atoms with Crippen LogP contribution in [-0.2, 0) is 0 Å². The van der Waals surface area contributed by atoms with Crippen molar-refractivity contribution in [3.63, 3.8) is 0 Å². The van der Waals surface area contributed by atoms with Crippen LogP contribution in [0.3, 0.4) is 0 Å². The SMILES string of the molecule is Clc1ccc(-c2ccc(-c3cccc4c3oc3ccccc34)c3c2oc2ccccc23)cc1.Ic1ccc(-c2cccc3c2oc2ccccc23)c2c1oc1ccccc12.OB(O)c1ccc(Cl)cc1. The maximum absolute atomic E-state index is 8.63. The predicted octanol–water partition coefficient (Wildman–Crippen LogP) is 17.2. The fourth-order valence-electron chi connectivity index (χ4n) is 9.48. The van der Waals surface area contributed by atoms with Crippen molar-refractivity contribution in [1.82, 2.24) is 0 Å². The number of fused-ring (bicyclic) bond motifs is 12. The van der Waals surface area contributed by atoms with E-state index < -0.39 is 7.12 Å². The van der Waals surface area contributed by atoms with Crippen molar-refractivity contribution in [3.8, 4) is 33.4 Å². The zero-order chi connectivity index (χ0) is 47.5. The van der Waals surface area contributed by atoms with Crippen molar-refractivity contribution in [3.05, 3.63) is 220 Å². The maximum atomic E-state index is 8.63. The zero-order valence-corrected chi connectivity index (χ0v) is 40.5. The second kappa shape index (κ2) is 18.2. The van der Waals surface area contributed by atoms with Gasteiger partial charge in [-0.25, -0.2) is 0 Å². The van der Waals surface area contributed by atoms with Gasteiger partial charge in [0.2, 0.25) is 0 Å². The van der Waals surface area contributed by atoms with Crippen LogP contribution in [-0.4, -0.2) is 17.2 Å². The first kappa shape index (κ1) is 43.9. The molecule has 14 rings (SSSR count). The van der Waals surface area contributed by atoms with E-state index >= 15 is 0 Å². The van der Waals surface area contributed by atoms with Crippen LogP contribution in [0, 0.1) is 3.57 Å². The van der Waals surface area contributed by atoms with Gasteiger partial charge in [-0.05, 0) is 105 Å². The molecule has 4 heterocycles. The van der Waals surface area contributed by atoms with Crippen molar-refractivity contribution >= 4 is 146 Å². The molecule has 4 aromatic heterocycles. The number of furan rings is 4. The zero-order valence-electron chi connectivity index (χ0n) is 36.9. The van der Waals surface area contributed by atoms with Gasteiger partial charge in [-0.3, -0.25) is 0 Å². The van der Waals surface area contributed by atoms with Gasteiger partial charge >= 0.3 is 7.12 Å². The average molecular weight is 1060 g/mol. The first-order valence-electron chi connectivity index (χ1n) is 22.5. The van der Waals surface area contributed by atoms with Gasteiger partial charge in [0.05, 0.1) is 3.57 Å².